The molecule has 4 heteroatoms. The molecule has 0 amide bonds. The molecule has 4 nitrogen and oxygen atoms in total. The molecule has 0 rings (SSSR count). The van der Waals surface area contributed by atoms with Crippen LogP contribution in [0.25, 0.3) is 0 Å². The second-order valence-electron chi connectivity index (χ2n) is 4.52. The molecular weight excluding hydrogens is 220 g/mol. The van der Waals surface area contributed by atoms with Crippen LogP contribution in [0, 0.1) is 5.92 Å². The van der Waals surface area contributed by atoms with Crippen LogP contribution < -0.4 is 0 Å². The maximum Gasteiger partial charge on any atom is 0.306 e. The van der Waals surface area contributed by atoms with E-state index in [0.29, 0.717) is 19.3 Å². The molecule has 17 heavy (non-hydrogen) atoms. The van der Waals surface area contributed by atoms with Gasteiger partial charge in [-0.2, -0.15) is 0 Å². The number of rotatable bonds is 11. The molecule has 0 saturated carbocycles. The van der Waals surface area contributed by atoms with Gasteiger partial charge in [0.25, 0.3) is 0 Å². The van der Waals surface area contributed by atoms with Crippen LogP contribution >= 0.6 is 0 Å². The fourth-order valence-corrected chi connectivity index (χ4v) is 1.89. The van der Waals surface area contributed by atoms with Crippen molar-refractivity contribution in [3.05, 3.63) is 0 Å². The number of carboxylic acids is 2. The Morgan fingerprint density at radius 1 is 0.941 bits per heavy atom. The zero-order valence-corrected chi connectivity index (χ0v) is 10.7. The largest absolute Gasteiger partial charge is 0.481 e. The van der Waals surface area contributed by atoms with E-state index in [2.05, 4.69) is 6.92 Å². The van der Waals surface area contributed by atoms with Crippen molar-refractivity contribution in [1.29, 1.82) is 0 Å². The minimum Gasteiger partial charge on any atom is -0.481 e. The van der Waals surface area contributed by atoms with Gasteiger partial charge in [-0.3, -0.25) is 9.59 Å². The highest BCUT2D eigenvalue weighted by Crippen LogP contribution is 2.17. The number of hydrogen-bond donors (Lipinski definition) is 2. The van der Waals surface area contributed by atoms with Crippen LogP contribution in [-0.4, -0.2) is 22.2 Å². The minimum atomic E-state index is -0.850. The summed E-state index contributed by atoms with van der Waals surface area (Å²) in [5, 5.41) is 17.5. The summed E-state index contributed by atoms with van der Waals surface area (Å²) in [6.07, 6.45) is 7.26. The van der Waals surface area contributed by atoms with E-state index in [4.69, 9.17) is 10.2 Å². The Bertz CT molecular complexity index is 225. The maximum absolute atomic E-state index is 10.9. The first-order chi connectivity index (χ1) is 8.07. The van der Waals surface area contributed by atoms with E-state index in [9.17, 15) is 9.59 Å². The highest BCUT2D eigenvalue weighted by molar-refractivity contribution is 5.70. The van der Waals surface area contributed by atoms with Gasteiger partial charge in [-0.05, 0) is 19.3 Å². The standard InChI is InChI=1S/C13H24O4/c1-2-3-4-5-6-8-11(13(16)17)9-7-10-12(14)15/h11H,2-10H2,1H3,(H,14,15)(H,16,17)/t11-/m0/s1. The Balaban J connectivity index is 3.67. The van der Waals surface area contributed by atoms with Crippen LogP contribution in [0.2, 0.25) is 0 Å². The zero-order valence-electron chi connectivity index (χ0n) is 10.7. The number of aliphatic carboxylic acids is 2. The van der Waals surface area contributed by atoms with E-state index < -0.39 is 11.9 Å². The lowest BCUT2D eigenvalue weighted by atomic mass is 9.95. The van der Waals surface area contributed by atoms with Gasteiger partial charge >= 0.3 is 11.9 Å². The first kappa shape index (κ1) is 15.9. The average Bonchev–Trinajstić information content (AvgIpc) is 2.25. The fourth-order valence-electron chi connectivity index (χ4n) is 1.89. The van der Waals surface area contributed by atoms with Gasteiger partial charge in [-0.1, -0.05) is 39.0 Å². The summed E-state index contributed by atoms with van der Waals surface area (Å²) >= 11 is 0. The molecule has 0 spiro atoms. The minimum absolute atomic E-state index is 0.0691. The molecule has 0 aromatic heterocycles. The van der Waals surface area contributed by atoms with Gasteiger partial charge < -0.3 is 10.2 Å². The van der Waals surface area contributed by atoms with Crippen molar-refractivity contribution in [2.45, 2.75) is 64.7 Å². The molecule has 0 aliphatic rings. The zero-order chi connectivity index (χ0) is 13.1. The van der Waals surface area contributed by atoms with Crippen LogP contribution in [-0.2, 0) is 9.59 Å². The van der Waals surface area contributed by atoms with E-state index in [1.165, 1.54) is 12.8 Å². The van der Waals surface area contributed by atoms with Crippen molar-refractivity contribution in [3.63, 3.8) is 0 Å². The van der Waals surface area contributed by atoms with E-state index >= 15 is 0 Å². The van der Waals surface area contributed by atoms with Gasteiger partial charge in [-0.15, -0.1) is 0 Å². The Labute approximate surface area is 103 Å². The molecule has 0 aromatic rings. The molecule has 1 atom stereocenters. The molecule has 0 aliphatic heterocycles. The van der Waals surface area contributed by atoms with Gasteiger partial charge in [0.05, 0.1) is 5.92 Å². The number of carbonyl (C=O) groups is 2. The summed E-state index contributed by atoms with van der Waals surface area (Å²) < 4.78 is 0. The summed E-state index contributed by atoms with van der Waals surface area (Å²) in [4.78, 5) is 21.3. The van der Waals surface area contributed by atoms with Gasteiger partial charge in [-0.25, -0.2) is 0 Å². The van der Waals surface area contributed by atoms with E-state index in [0.717, 1.165) is 19.3 Å². The SMILES string of the molecule is CCCCCCC[C@@H](CCCC(=O)O)C(=O)O. The monoisotopic (exact) mass is 244 g/mol. The first-order valence-corrected chi connectivity index (χ1v) is 6.52. The topological polar surface area (TPSA) is 74.6 Å². The predicted molar refractivity (Wildman–Crippen MR) is 66.0 cm³/mol. The third kappa shape index (κ3) is 9.85. The lowest BCUT2D eigenvalue weighted by Gasteiger charge is -2.11. The molecule has 2 N–H and O–H groups in total. The van der Waals surface area contributed by atoms with Crippen molar-refractivity contribution in [3.8, 4) is 0 Å². The maximum atomic E-state index is 10.9. The second-order valence-corrected chi connectivity index (χ2v) is 4.52. The van der Waals surface area contributed by atoms with Crippen molar-refractivity contribution in [1.82, 2.24) is 0 Å². The second kappa shape index (κ2) is 10.1. The average molecular weight is 244 g/mol. The highest BCUT2D eigenvalue weighted by Gasteiger charge is 2.16. The normalized spacial score (nSPS) is 12.3. The van der Waals surface area contributed by atoms with Crippen molar-refractivity contribution < 1.29 is 19.8 Å². The molecule has 0 fully saturated rings. The molecule has 0 aliphatic carbocycles. The van der Waals surface area contributed by atoms with Gasteiger partial charge in [0.15, 0.2) is 0 Å². The summed E-state index contributed by atoms with van der Waals surface area (Å²) in [5.74, 6) is -2.00. The smallest absolute Gasteiger partial charge is 0.306 e. The third-order valence-electron chi connectivity index (χ3n) is 2.95. The molecule has 0 aromatic carbocycles. The van der Waals surface area contributed by atoms with Crippen molar-refractivity contribution in [2.24, 2.45) is 5.92 Å². The van der Waals surface area contributed by atoms with Crippen molar-refractivity contribution >= 4 is 11.9 Å². The van der Waals surface area contributed by atoms with Crippen LogP contribution in [0.1, 0.15) is 64.7 Å². The lowest BCUT2D eigenvalue weighted by molar-refractivity contribution is -0.143. The Hall–Kier alpha value is -1.06. The first-order valence-electron chi connectivity index (χ1n) is 6.52. The molecule has 0 saturated heterocycles. The van der Waals surface area contributed by atoms with E-state index in [-0.39, 0.29) is 12.3 Å². The van der Waals surface area contributed by atoms with Crippen LogP contribution in [0.5, 0.6) is 0 Å². The van der Waals surface area contributed by atoms with Crippen LogP contribution in [0.4, 0.5) is 0 Å². The molecule has 0 radical (unpaired) electrons. The number of hydrogen-bond acceptors (Lipinski definition) is 2. The summed E-state index contributed by atoms with van der Waals surface area (Å²) in [6.45, 7) is 2.14. The molecule has 0 unspecified atom stereocenters. The molecule has 0 heterocycles. The fraction of sp³-hybridized carbons (Fsp3) is 0.846. The van der Waals surface area contributed by atoms with Gasteiger partial charge in [0.2, 0.25) is 0 Å². The summed E-state index contributed by atoms with van der Waals surface area (Å²) in [6, 6.07) is 0. The van der Waals surface area contributed by atoms with E-state index in [1.54, 1.807) is 0 Å². The molecule has 0 bridgehead atoms. The van der Waals surface area contributed by atoms with Crippen LogP contribution in [0.15, 0.2) is 0 Å². The number of carboxylic acid groups (broad SMARTS) is 2. The highest BCUT2D eigenvalue weighted by atomic mass is 16.4. The quantitative estimate of drug-likeness (QED) is 0.547. The van der Waals surface area contributed by atoms with E-state index in [1.807, 2.05) is 0 Å². The Morgan fingerprint density at radius 2 is 1.53 bits per heavy atom. The molecular formula is C13H24O4. The Kier molecular flexibility index (Phi) is 9.49. The summed E-state index contributed by atoms with van der Waals surface area (Å²) in [5.41, 5.74) is 0. The summed E-state index contributed by atoms with van der Waals surface area (Å²) in [7, 11) is 0. The van der Waals surface area contributed by atoms with Crippen LogP contribution in [0.3, 0.4) is 0 Å². The lowest BCUT2D eigenvalue weighted by Crippen LogP contribution is -2.14. The number of unbranched alkanes of at least 4 members (excludes halogenated alkanes) is 4. The van der Waals surface area contributed by atoms with Gasteiger partial charge in [0, 0.05) is 6.42 Å². The third-order valence-corrected chi connectivity index (χ3v) is 2.95. The van der Waals surface area contributed by atoms with Crippen molar-refractivity contribution in [2.75, 3.05) is 0 Å². The predicted octanol–water partition coefficient (Wildman–Crippen LogP) is 3.30. The molecule has 100 valence electrons. The van der Waals surface area contributed by atoms with Gasteiger partial charge in [0.1, 0.15) is 0 Å². The Morgan fingerprint density at radius 3 is 2.06 bits per heavy atom.